The van der Waals surface area contributed by atoms with E-state index in [1.807, 2.05) is 0 Å². The van der Waals surface area contributed by atoms with Gasteiger partial charge in [-0.05, 0) is 30.3 Å². The molecular formula is C22H24O13. The SMILES string of the molecule is COc1cc(C(=O)OC[C@H]2O[C@@H](Oc3cc(C(=O)O)ccc3O)[C@H](O)[C@@H](O)[C@@H]2O)cc(OC)c1O. The minimum atomic E-state index is -1.80. The number of aromatic carboxylic acids is 1. The van der Waals surface area contributed by atoms with Crippen LogP contribution < -0.4 is 14.2 Å². The minimum absolute atomic E-state index is 0.0549. The quantitative estimate of drug-likeness (QED) is 0.264. The van der Waals surface area contributed by atoms with Crippen molar-refractivity contribution < 1.29 is 63.9 Å². The number of methoxy groups -OCH3 is 2. The molecule has 1 heterocycles. The molecule has 6 N–H and O–H groups in total. The summed E-state index contributed by atoms with van der Waals surface area (Å²) in [6.07, 6.45) is -8.33. The zero-order valence-corrected chi connectivity index (χ0v) is 18.5. The van der Waals surface area contributed by atoms with Gasteiger partial charge in [-0.15, -0.1) is 0 Å². The van der Waals surface area contributed by atoms with Crippen molar-refractivity contribution in [1.82, 2.24) is 0 Å². The Morgan fingerprint density at radius 3 is 2.06 bits per heavy atom. The Bertz CT molecular complexity index is 1060. The van der Waals surface area contributed by atoms with Crippen LogP contribution in [-0.2, 0) is 9.47 Å². The summed E-state index contributed by atoms with van der Waals surface area (Å²) in [4.78, 5) is 23.7. The second-order valence-electron chi connectivity index (χ2n) is 7.45. The monoisotopic (exact) mass is 496 g/mol. The summed E-state index contributed by atoms with van der Waals surface area (Å²) in [6, 6.07) is 5.55. The number of ether oxygens (including phenoxy) is 5. The topological polar surface area (TPSA) is 202 Å². The van der Waals surface area contributed by atoms with E-state index in [1.54, 1.807) is 0 Å². The van der Waals surface area contributed by atoms with E-state index in [2.05, 4.69) is 0 Å². The van der Waals surface area contributed by atoms with Crippen LogP contribution in [0.2, 0.25) is 0 Å². The zero-order chi connectivity index (χ0) is 25.9. The number of phenols is 2. The summed E-state index contributed by atoms with van der Waals surface area (Å²) in [6.45, 7) is -0.601. The molecule has 0 amide bonds. The molecule has 5 atom stereocenters. The number of hydrogen-bond acceptors (Lipinski definition) is 12. The second-order valence-corrected chi connectivity index (χ2v) is 7.45. The van der Waals surface area contributed by atoms with Gasteiger partial charge in [0.2, 0.25) is 12.0 Å². The Morgan fingerprint density at radius 1 is 0.886 bits per heavy atom. The lowest BCUT2D eigenvalue weighted by Gasteiger charge is -2.39. The van der Waals surface area contributed by atoms with Crippen LogP contribution in [0.15, 0.2) is 30.3 Å². The third-order valence-corrected chi connectivity index (χ3v) is 5.21. The molecule has 190 valence electrons. The first kappa shape index (κ1) is 25.8. The summed E-state index contributed by atoms with van der Waals surface area (Å²) in [5, 5.41) is 59.7. The fourth-order valence-electron chi connectivity index (χ4n) is 3.27. The summed E-state index contributed by atoms with van der Waals surface area (Å²) in [5.74, 6) is -3.49. The summed E-state index contributed by atoms with van der Waals surface area (Å²) in [5.41, 5.74) is -0.292. The maximum atomic E-state index is 12.5. The third-order valence-electron chi connectivity index (χ3n) is 5.21. The molecule has 0 aromatic heterocycles. The third kappa shape index (κ3) is 5.49. The number of aromatic hydroxyl groups is 2. The number of rotatable bonds is 8. The molecule has 1 aliphatic heterocycles. The molecule has 2 aromatic carbocycles. The number of hydrogen-bond donors (Lipinski definition) is 6. The number of aliphatic hydroxyl groups is 3. The number of carboxylic acids is 1. The van der Waals surface area contributed by atoms with Crippen LogP contribution in [0.3, 0.4) is 0 Å². The number of carbonyl (C=O) groups excluding carboxylic acids is 1. The number of carboxylic acid groups (broad SMARTS) is 1. The molecule has 1 aliphatic rings. The fourth-order valence-corrected chi connectivity index (χ4v) is 3.27. The van der Waals surface area contributed by atoms with Crippen molar-refractivity contribution in [3.05, 3.63) is 41.5 Å². The number of phenolic OH excluding ortho intramolecular Hbond substituents is 2. The summed E-state index contributed by atoms with van der Waals surface area (Å²) in [7, 11) is 2.54. The van der Waals surface area contributed by atoms with E-state index in [1.165, 1.54) is 26.4 Å². The van der Waals surface area contributed by atoms with Gasteiger partial charge in [0.25, 0.3) is 0 Å². The molecule has 0 aliphatic carbocycles. The lowest BCUT2D eigenvalue weighted by Crippen LogP contribution is -2.60. The van der Waals surface area contributed by atoms with Crippen molar-refractivity contribution in [2.45, 2.75) is 30.7 Å². The van der Waals surface area contributed by atoms with E-state index >= 15 is 0 Å². The van der Waals surface area contributed by atoms with Crippen molar-refractivity contribution in [3.63, 3.8) is 0 Å². The van der Waals surface area contributed by atoms with Gasteiger partial charge in [-0.25, -0.2) is 9.59 Å². The number of aliphatic hydroxyl groups excluding tert-OH is 3. The molecule has 0 bridgehead atoms. The van der Waals surface area contributed by atoms with Gasteiger partial charge < -0.3 is 54.3 Å². The van der Waals surface area contributed by atoms with Crippen LogP contribution in [0.5, 0.6) is 28.7 Å². The van der Waals surface area contributed by atoms with Crippen LogP contribution in [0.1, 0.15) is 20.7 Å². The molecule has 13 heteroatoms. The van der Waals surface area contributed by atoms with Gasteiger partial charge in [0.05, 0.1) is 25.3 Å². The molecule has 1 saturated heterocycles. The van der Waals surface area contributed by atoms with Crippen LogP contribution >= 0.6 is 0 Å². The molecule has 3 rings (SSSR count). The predicted octanol–water partition coefficient (Wildman–Crippen LogP) is -0.143. The van der Waals surface area contributed by atoms with E-state index < -0.39 is 55.0 Å². The van der Waals surface area contributed by atoms with Crippen LogP contribution in [0, 0.1) is 0 Å². The number of carbonyl (C=O) groups is 2. The molecule has 1 fully saturated rings. The van der Waals surface area contributed by atoms with E-state index in [0.29, 0.717) is 0 Å². The van der Waals surface area contributed by atoms with Gasteiger partial charge in [-0.3, -0.25) is 0 Å². The van der Waals surface area contributed by atoms with E-state index in [4.69, 9.17) is 28.8 Å². The molecule has 0 saturated carbocycles. The van der Waals surface area contributed by atoms with Gasteiger partial charge in [0, 0.05) is 0 Å². The first-order valence-corrected chi connectivity index (χ1v) is 10.1. The molecule has 0 spiro atoms. The molecule has 0 radical (unpaired) electrons. The van der Waals surface area contributed by atoms with Gasteiger partial charge in [0.15, 0.2) is 23.0 Å². The Balaban J connectivity index is 1.74. The smallest absolute Gasteiger partial charge is 0.338 e. The average Bonchev–Trinajstić information content (AvgIpc) is 2.84. The molecule has 0 unspecified atom stereocenters. The van der Waals surface area contributed by atoms with Gasteiger partial charge in [-0.1, -0.05) is 0 Å². The summed E-state index contributed by atoms with van der Waals surface area (Å²) >= 11 is 0. The van der Waals surface area contributed by atoms with Crippen molar-refractivity contribution in [2.75, 3.05) is 20.8 Å². The lowest BCUT2D eigenvalue weighted by molar-refractivity contribution is -0.277. The van der Waals surface area contributed by atoms with Gasteiger partial charge in [0.1, 0.15) is 31.0 Å². The highest BCUT2D eigenvalue weighted by Crippen LogP contribution is 2.37. The normalized spacial score (nSPS) is 23.9. The maximum Gasteiger partial charge on any atom is 0.338 e. The Hall–Kier alpha value is -3.78. The highest BCUT2D eigenvalue weighted by Gasteiger charge is 2.45. The second kappa shape index (κ2) is 10.7. The van der Waals surface area contributed by atoms with Crippen LogP contribution in [0.25, 0.3) is 0 Å². The minimum Gasteiger partial charge on any atom is -0.504 e. The summed E-state index contributed by atoms with van der Waals surface area (Å²) < 4.78 is 25.9. The number of esters is 1. The largest absolute Gasteiger partial charge is 0.504 e. The Kier molecular flexibility index (Phi) is 7.86. The van der Waals surface area contributed by atoms with Gasteiger partial charge in [-0.2, -0.15) is 0 Å². The fraction of sp³-hybridized carbons (Fsp3) is 0.364. The van der Waals surface area contributed by atoms with E-state index in [-0.39, 0.29) is 34.1 Å². The molecule has 13 nitrogen and oxygen atoms in total. The standard InChI is InChI=1S/C22H24O13/c1-31-13-6-10(7-14(32-2)16(13)24)21(30)33-8-15-17(25)18(26)19(27)22(35-15)34-12-5-9(20(28)29)3-4-11(12)23/h3-7,15,17-19,22-27H,8H2,1-2H3,(H,28,29)/t15-,17-,18+,19-,22-/m1/s1. The molecule has 35 heavy (non-hydrogen) atoms. The van der Waals surface area contributed by atoms with E-state index in [9.17, 15) is 35.1 Å². The highest BCUT2D eigenvalue weighted by atomic mass is 16.7. The van der Waals surface area contributed by atoms with Crippen molar-refractivity contribution in [1.29, 1.82) is 0 Å². The first-order valence-electron chi connectivity index (χ1n) is 10.1. The van der Waals surface area contributed by atoms with Crippen molar-refractivity contribution >= 4 is 11.9 Å². The predicted molar refractivity (Wildman–Crippen MR) is 114 cm³/mol. The van der Waals surface area contributed by atoms with Crippen molar-refractivity contribution in [3.8, 4) is 28.7 Å². The maximum absolute atomic E-state index is 12.5. The van der Waals surface area contributed by atoms with E-state index in [0.717, 1.165) is 18.2 Å². The highest BCUT2D eigenvalue weighted by molar-refractivity contribution is 5.91. The average molecular weight is 496 g/mol. The van der Waals surface area contributed by atoms with Crippen LogP contribution in [0.4, 0.5) is 0 Å². The molecular weight excluding hydrogens is 472 g/mol. The first-order chi connectivity index (χ1) is 16.6. The number of benzene rings is 2. The molecule has 2 aromatic rings. The van der Waals surface area contributed by atoms with Crippen molar-refractivity contribution in [2.24, 2.45) is 0 Å². The van der Waals surface area contributed by atoms with Gasteiger partial charge >= 0.3 is 11.9 Å². The zero-order valence-electron chi connectivity index (χ0n) is 18.5. The lowest BCUT2D eigenvalue weighted by atomic mass is 9.99. The Morgan fingerprint density at radius 2 is 1.49 bits per heavy atom. The Labute approximate surface area is 198 Å². The van der Waals surface area contributed by atoms with Crippen LogP contribution in [-0.4, -0.2) is 94.1 Å².